The summed E-state index contributed by atoms with van der Waals surface area (Å²) in [5, 5.41) is 3.25. The SMILES string of the molecule is O=C(CN1CCCCC1)NC(Cc1ccccc1)c1ccccc1. The minimum Gasteiger partial charge on any atom is -0.348 e. The number of amides is 1. The van der Waals surface area contributed by atoms with Crippen molar-refractivity contribution in [3.8, 4) is 0 Å². The lowest BCUT2D eigenvalue weighted by atomic mass is 9.99. The standard InChI is InChI=1S/C21H26N2O/c24-21(17-23-14-8-3-9-15-23)22-20(19-12-6-2-7-13-19)16-18-10-4-1-5-11-18/h1-2,4-7,10-13,20H,3,8-9,14-17H2,(H,22,24). The number of carbonyl (C=O) groups is 1. The van der Waals surface area contributed by atoms with E-state index < -0.39 is 0 Å². The molecule has 2 aromatic carbocycles. The zero-order valence-corrected chi connectivity index (χ0v) is 14.2. The van der Waals surface area contributed by atoms with Crippen LogP contribution in [0.25, 0.3) is 0 Å². The fourth-order valence-corrected chi connectivity index (χ4v) is 3.35. The van der Waals surface area contributed by atoms with Crippen molar-refractivity contribution in [1.82, 2.24) is 10.2 Å². The van der Waals surface area contributed by atoms with Gasteiger partial charge in [-0.2, -0.15) is 0 Å². The second kappa shape index (κ2) is 8.65. The Morgan fingerprint density at radius 3 is 2.21 bits per heavy atom. The Bertz CT molecular complexity index is 621. The first-order valence-corrected chi connectivity index (χ1v) is 8.92. The summed E-state index contributed by atoms with van der Waals surface area (Å²) < 4.78 is 0. The maximum absolute atomic E-state index is 12.5. The maximum atomic E-state index is 12.5. The highest BCUT2D eigenvalue weighted by Crippen LogP contribution is 2.18. The molecule has 1 saturated heterocycles. The van der Waals surface area contributed by atoms with Crippen molar-refractivity contribution in [2.45, 2.75) is 31.7 Å². The van der Waals surface area contributed by atoms with Crippen LogP contribution >= 0.6 is 0 Å². The van der Waals surface area contributed by atoms with Crippen molar-refractivity contribution < 1.29 is 4.79 Å². The molecule has 24 heavy (non-hydrogen) atoms. The predicted molar refractivity (Wildman–Crippen MR) is 97.8 cm³/mol. The Morgan fingerprint density at radius 1 is 0.917 bits per heavy atom. The molecule has 0 saturated carbocycles. The van der Waals surface area contributed by atoms with Crippen LogP contribution in [0.15, 0.2) is 60.7 Å². The molecule has 126 valence electrons. The minimum atomic E-state index is 0.0193. The van der Waals surface area contributed by atoms with Crippen LogP contribution in [0.2, 0.25) is 0 Å². The molecule has 1 aliphatic heterocycles. The van der Waals surface area contributed by atoms with Crippen molar-refractivity contribution in [2.24, 2.45) is 0 Å². The third-order valence-electron chi connectivity index (χ3n) is 4.64. The van der Waals surface area contributed by atoms with Crippen LogP contribution in [-0.4, -0.2) is 30.4 Å². The van der Waals surface area contributed by atoms with E-state index in [0.717, 1.165) is 25.1 Å². The fraction of sp³-hybridized carbons (Fsp3) is 0.381. The van der Waals surface area contributed by atoms with Gasteiger partial charge < -0.3 is 5.32 Å². The van der Waals surface area contributed by atoms with Gasteiger partial charge in [0.25, 0.3) is 0 Å². The van der Waals surface area contributed by atoms with Crippen molar-refractivity contribution >= 4 is 5.91 Å². The van der Waals surface area contributed by atoms with Crippen LogP contribution in [-0.2, 0) is 11.2 Å². The summed E-state index contributed by atoms with van der Waals surface area (Å²) in [5.74, 6) is 0.127. The lowest BCUT2D eigenvalue weighted by Gasteiger charge is -2.27. The molecule has 1 heterocycles. The zero-order valence-electron chi connectivity index (χ0n) is 14.2. The molecule has 0 bridgehead atoms. The van der Waals surface area contributed by atoms with Gasteiger partial charge in [0.15, 0.2) is 0 Å². The average Bonchev–Trinajstić information content (AvgIpc) is 2.63. The third kappa shape index (κ3) is 4.93. The second-order valence-electron chi connectivity index (χ2n) is 6.56. The van der Waals surface area contributed by atoms with E-state index in [1.54, 1.807) is 0 Å². The Labute approximate surface area is 144 Å². The van der Waals surface area contributed by atoms with Gasteiger partial charge in [0.05, 0.1) is 12.6 Å². The van der Waals surface area contributed by atoms with Crippen molar-refractivity contribution in [2.75, 3.05) is 19.6 Å². The molecular weight excluding hydrogens is 296 g/mol. The summed E-state index contributed by atoms with van der Waals surface area (Å²) in [7, 11) is 0. The lowest BCUT2D eigenvalue weighted by molar-refractivity contribution is -0.123. The first kappa shape index (κ1) is 16.7. The van der Waals surface area contributed by atoms with E-state index in [9.17, 15) is 4.79 Å². The molecule has 1 amide bonds. The molecule has 1 fully saturated rings. The summed E-state index contributed by atoms with van der Waals surface area (Å²) >= 11 is 0. The number of nitrogens with zero attached hydrogens (tertiary/aromatic N) is 1. The summed E-state index contributed by atoms with van der Waals surface area (Å²) in [6.45, 7) is 2.60. The fourth-order valence-electron chi connectivity index (χ4n) is 3.35. The summed E-state index contributed by atoms with van der Waals surface area (Å²) in [6.07, 6.45) is 4.52. The first-order valence-electron chi connectivity index (χ1n) is 8.92. The molecule has 3 rings (SSSR count). The number of piperidine rings is 1. The smallest absolute Gasteiger partial charge is 0.234 e. The van der Waals surface area contributed by atoms with Gasteiger partial charge in [0, 0.05) is 0 Å². The normalized spacial score (nSPS) is 16.5. The van der Waals surface area contributed by atoms with Crippen molar-refractivity contribution in [1.29, 1.82) is 0 Å². The first-order chi connectivity index (χ1) is 11.8. The van der Waals surface area contributed by atoms with E-state index in [1.165, 1.54) is 24.8 Å². The van der Waals surface area contributed by atoms with Gasteiger partial charge >= 0.3 is 0 Å². The van der Waals surface area contributed by atoms with Gasteiger partial charge in [0.2, 0.25) is 5.91 Å². The molecule has 2 aromatic rings. The molecule has 1 N–H and O–H groups in total. The van der Waals surface area contributed by atoms with Crippen LogP contribution in [0.5, 0.6) is 0 Å². The molecule has 0 aliphatic carbocycles. The van der Waals surface area contributed by atoms with E-state index >= 15 is 0 Å². The monoisotopic (exact) mass is 322 g/mol. The van der Waals surface area contributed by atoms with E-state index in [1.807, 2.05) is 36.4 Å². The van der Waals surface area contributed by atoms with Gasteiger partial charge in [0.1, 0.15) is 0 Å². The Balaban J connectivity index is 1.66. The van der Waals surface area contributed by atoms with E-state index in [0.29, 0.717) is 6.54 Å². The van der Waals surface area contributed by atoms with Crippen molar-refractivity contribution in [3.63, 3.8) is 0 Å². The summed E-state index contributed by atoms with van der Waals surface area (Å²) in [4.78, 5) is 14.8. The van der Waals surface area contributed by atoms with Gasteiger partial charge in [-0.1, -0.05) is 67.1 Å². The molecule has 3 heteroatoms. The summed E-state index contributed by atoms with van der Waals surface area (Å²) in [5.41, 5.74) is 2.40. The van der Waals surface area contributed by atoms with Crippen LogP contribution in [0.1, 0.15) is 36.4 Å². The predicted octanol–water partition coefficient (Wildman–Crippen LogP) is 3.57. The minimum absolute atomic E-state index is 0.0193. The topological polar surface area (TPSA) is 32.3 Å². The molecule has 0 radical (unpaired) electrons. The number of likely N-dealkylation sites (tertiary alicyclic amines) is 1. The Morgan fingerprint density at radius 2 is 1.54 bits per heavy atom. The molecule has 0 aromatic heterocycles. The van der Waals surface area contributed by atoms with Gasteiger partial charge in [-0.15, -0.1) is 0 Å². The Kier molecular flexibility index (Phi) is 6.02. The zero-order chi connectivity index (χ0) is 16.6. The van der Waals surface area contributed by atoms with Gasteiger partial charge in [-0.05, 0) is 43.5 Å². The number of hydrogen-bond acceptors (Lipinski definition) is 2. The Hall–Kier alpha value is -2.13. The molecule has 1 aliphatic rings. The molecular formula is C21H26N2O. The van der Waals surface area contributed by atoms with Crippen molar-refractivity contribution in [3.05, 3.63) is 71.8 Å². The number of rotatable bonds is 6. The largest absolute Gasteiger partial charge is 0.348 e. The second-order valence-corrected chi connectivity index (χ2v) is 6.56. The molecule has 1 unspecified atom stereocenters. The average molecular weight is 322 g/mol. The highest BCUT2D eigenvalue weighted by molar-refractivity contribution is 5.78. The number of nitrogens with one attached hydrogen (secondary N) is 1. The molecule has 3 nitrogen and oxygen atoms in total. The van der Waals surface area contributed by atoms with E-state index in [2.05, 4.69) is 34.5 Å². The van der Waals surface area contributed by atoms with Crippen LogP contribution in [0.4, 0.5) is 0 Å². The highest BCUT2D eigenvalue weighted by atomic mass is 16.2. The molecule has 0 spiro atoms. The number of carbonyl (C=O) groups excluding carboxylic acids is 1. The number of benzene rings is 2. The van der Waals surface area contributed by atoms with Crippen LogP contribution in [0, 0.1) is 0 Å². The van der Waals surface area contributed by atoms with E-state index in [-0.39, 0.29) is 11.9 Å². The van der Waals surface area contributed by atoms with E-state index in [4.69, 9.17) is 0 Å². The van der Waals surface area contributed by atoms with Gasteiger partial charge in [-0.3, -0.25) is 9.69 Å². The number of hydrogen-bond donors (Lipinski definition) is 1. The quantitative estimate of drug-likeness (QED) is 0.882. The maximum Gasteiger partial charge on any atom is 0.234 e. The van der Waals surface area contributed by atoms with Crippen LogP contribution in [0.3, 0.4) is 0 Å². The lowest BCUT2D eigenvalue weighted by Crippen LogP contribution is -2.41. The highest BCUT2D eigenvalue weighted by Gasteiger charge is 2.18. The van der Waals surface area contributed by atoms with Gasteiger partial charge in [-0.25, -0.2) is 0 Å². The van der Waals surface area contributed by atoms with Crippen LogP contribution < -0.4 is 5.32 Å². The third-order valence-corrected chi connectivity index (χ3v) is 4.64. The molecule has 1 atom stereocenters. The summed E-state index contributed by atoms with van der Waals surface area (Å²) in [6, 6.07) is 20.6.